The van der Waals surface area contributed by atoms with Crippen molar-refractivity contribution in [3.8, 4) is 0 Å². The van der Waals surface area contributed by atoms with E-state index in [1.165, 1.54) is 10.6 Å². The highest BCUT2D eigenvalue weighted by atomic mass is 35.5. The summed E-state index contributed by atoms with van der Waals surface area (Å²) >= 11 is 5.92. The Labute approximate surface area is 133 Å². The monoisotopic (exact) mass is 316 g/mol. The molecule has 1 aliphatic carbocycles. The second-order valence-corrected chi connectivity index (χ2v) is 6.14. The number of carbonyl (C=O) groups excluding carboxylic acids is 1. The molecule has 1 aromatic carbocycles. The average molecular weight is 317 g/mol. The number of aryl methyl sites for hydroxylation is 1. The van der Waals surface area contributed by atoms with Gasteiger partial charge in [-0.05, 0) is 42.5 Å². The van der Waals surface area contributed by atoms with Crippen LogP contribution in [-0.2, 0) is 7.05 Å². The van der Waals surface area contributed by atoms with Crippen LogP contribution in [0.15, 0.2) is 47.4 Å². The number of nitrogens with one attached hydrogen (secondary N) is 1. The molecule has 1 fully saturated rings. The quantitative estimate of drug-likeness (QED) is 0.943. The van der Waals surface area contributed by atoms with Gasteiger partial charge in [0.15, 0.2) is 0 Å². The number of hydrogen-bond acceptors (Lipinski definition) is 2. The molecule has 1 unspecified atom stereocenters. The van der Waals surface area contributed by atoms with Gasteiger partial charge in [0, 0.05) is 29.9 Å². The second kappa shape index (κ2) is 5.97. The summed E-state index contributed by atoms with van der Waals surface area (Å²) in [5.41, 5.74) is 1.24. The smallest absolute Gasteiger partial charge is 0.252 e. The first-order chi connectivity index (χ1) is 10.5. The number of aromatic nitrogens is 1. The van der Waals surface area contributed by atoms with Crippen LogP contribution in [-0.4, -0.2) is 10.5 Å². The first kappa shape index (κ1) is 14.9. The molecule has 5 heteroatoms. The first-order valence-corrected chi connectivity index (χ1v) is 7.65. The number of nitrogens with zero attached hydrogens (tertiary/aromatic N) is 1. The fourth-order valence-electron chi connectivity index (χ4n) is 2.49. The van der Waals surface area contributed by atoms with Crippen LogP contribution in [0, 0.1) is 5.92 Å². The van der Waals surface area contributed by atoms with E-state index in [-0.39, 0.29) is 17.5 Å². The topological polar surface area (TPSA) is 51.1 Å². The van der Waals surface area contributed by atoms with Gasteiger partial charge in [-0.15, -0.1) is 0 Å². The fraction of sp³-hybridized carbons (Fsp3) is 0.294. The van der Waals surface area contributed by atoms with E-state index in [4.69, 9.17) is 11.6 Å². The number of amides is 1. The van der Waals surface area contributed by atoms with Crippen molar-refractivity contribution in [2.24, 2.45) is 13.0 Å². The van der Waals surface area contributed by atoms with Crippen LogP contribution in [0.25, 0.3) is 0 Å². The fourth-order valence-corrected chi connectivity index (χ4v) is 2.61. The Bertz CT molecular complexity index is 748. The van der Waals surface area contributed by atoms with Crippen LogP contribution in [0.2, 0.25) is 5.02 Å². The van der Waals surface area contributed by atoms with Crippen LogP contribution >= 0.6 is 11.6 Å². The van der Waals surface area contributed by atoms with E-state index >= 15 is 0 Å². The minimum absolute atomic E-state index is 0.0335. The van der Waals surface area contributed by atoms with Gasteiger partial charge in [-0.3, -0.25) is 9.59 Å². The Morgan fingerprint density at radius 3 is 2.55 bits per heavy atom. The summed E-state index contributed by atoms with van der Waals surface area (Å²) < 4.78 is 1.44. The standard InChI is InChI=1S/C17H17ClN2O2/c1-20-9-8-13(10-15(20)21)17(22)19-16(11-2-3-11)12-4-6-14(18)7-5-12/h4-11,16H,2-3H2,1H3,(H,19,22). The predicted molar refractivity (Wildman–Crippen MR) is 86.1 cm³/mol. The lowest BCUT2D eigenvalue weighted by Gasteiger charge is -2.19. The third kappa shape index (κ3) is 3.22. The molecule has 0 aliphatic heterocycles. The lowest BCUT2D eigenvalue weighted by atomic mass is 10.0. The van der Waals surface area contributed by atoms with Gasteiger partial charge in [-0.1, -0.05) is 23.7 Å². The highest BCUT2D eigenvalue weighted by Gasteiger charge is 2.33. The molecule has 1 N–H and O–H groups in total. The maximum Gasteiger partial charge on any atom is 0.252 e. The molecule has 0 radical (unpaired) electrons. The summed E-state index contributed by atoms with van der Waals surface area (Å²) in [5, 5.41) is 3.72. The zero-order valence-electron chi connectivity index (χ0n) is 12.3. The summed E-state index contributed by atoms with van der Waals surface area (Å²) in [5.74, 6) is 0.237. The highest BCUT2D eigenvalue weighted by Crippen LogP contribution is 2.41. The van der Waals surface area contributed by atoms with Crippen LogP contribution < -0.4 is 10.9 Å². The van der Waals surface area contributed by atoms with Crippen molar-refractivity contribution in [3.63, 3.8) is 0 Å². The molecule has 3 rings (SSSR count). The lowest BCUT2D eigenvalue weighted by Crippen LogP contribution is -2.31. The van der Waals surface area contributed by atoms with Crippen LogP contribution in [0.3, 0.4) is 0 Å². The Morgan fingerprint density at radius 1 is 1.27 bits per heavy atom. The van der Waals surface area contributed by atoms with Gasteiger partial charge in [-0.2, -0.15) is 0 Å². The second-order valence-electron chi connectivity index (χ2n) is 5.70. The van der Waals surface area contributed by atoms with Gasteiger partial charge in [0.05, 0.1) is 6.04 Å². The number of hydrogen-bond donors (Lipinski definition) is 1. The molecule has 0 bridgehead atoms. The van der Waals surface area contributed by atoms with Gasteiger partial charge in [0.25, 0.3) is 11.5 Å². The number of carbonyl (C=O) groups is 1. The number of halogens is 1. The summed E-state index contributed by atoms with van der Waals surface area (Å²) in [4.78, 5) is 24.1. The molecule has 1 heterocycles. The molecule has 0 saturated heterocycles. The minimum atomic E-state index is -0.218. The van der Waals surface area contributed by atoms with Gasteiger partial charge >= 0.3 is 0 Å². The van der Waals surface area contributed by atoms with Gasteiger partial charge in [0.1, 0.15) is 0 Å². The molecule has 1 amide bonds. The van der Waals surface area contributed by atoms with Gasteiger partial charge < -0.3 is 9.88 Å². The summed E-state index contributed by atoms with van der Waals surface area (Å²) in [6, 6.07) is 10.5. The van der Waals surface area contributed by atoms with E-state index in [0.29, 0.717) is 16.5 Å². The third-order valence-corrected chi connectivity index (χ3v) is 4.23. The Kier molecular flexibility index (Phi) is 4.03. The normalized spacial score (nSPS) is 15.4. The molecule has 1 atom stereocenters. The van der Waals surface area contributed by atoms with Crippen LogP contribution in [0.5, 0.6) is 0 Å². The van der Waals surface area contributed by atoms with Crippen LogP contribution in [0.4, 0.5) is 0 Å². The van der Waals surface area contributed by atoms with E-state index in [1.54, 1.807) is 19.3 Å². The van der Waals surface area contributed by atoms with Crippen molar-refractivity contribution in [2.75, 3.05) is 0 Å². The van der Waals surface area contributed by atoms with Crippen molar-refractivity contribution in [2.45, 2.75) is 18.9 Å². The molecule has 2 aromatic rings. The van der Waals surface area contributed by atoms with Crippen molar-refractivity contribution < 1.29 is 4.79 Å². The molecular weight excluding hydrogens is 300 g/mol. The molecule has 22 heavy (non-hydrogen) atoms. The highest BCUT2D eigenvalue weighted by molar-refractivity contribution is 6.30. The summed E-state index contributed by atoms with van der Waals surface area (Å²) in [6.07, 6.45) is 3.81. The Balaban J connectivity index is 1.81. The van der Waals surface area contributed by atoms with E-state index in [0.717, 1.165) is 18.4 Å². The zero-order chi connectivity index (χ0) is 15.7. The third-order valence-electron chi connectivity index (χ3n) is 3.98. The molecule has 1 aliphatic rings. The molecule has 114 valence electrons. The van der Waals surface area contributed by atoms with E-state index in [1.807, 2.05) is 24.3 Å². The first-order valence-electron chi connectivity index (χ1n) is 7.27. The average Bonchev–Trinajstić information content (AvgIpc) is 3.33. The maximum absolute atomic E-state index is 12.4. The van der Waals surface area contributed by atoms with E-state index in [2.05, 4.69) is 5.32 Å². The minimum Gasteiger partial charge on any atom is -0.345 e. The zero-order valence-corrected chi connectivity index (χ0v) is 13.0. The summed E-state index contributed by atoms with van der Waals surface area (Å²) in [7, 11) is 1.66. The van der Waals surface area contributed by atoms with Gasteiger partial charge in [0.2, 0.25) is 0 Å². The van der Waals surface area contributed by atoms with Crippen LogP contribution in [0.1, 0.15) is 34.8 Å². The summed E-state index contributed by atoms with van der Waals surface area (Å²) in [6.45, 7) is 0. The Morgan fingerprint density at radius 2 is 1.95 bits per heavy atom. The van der Waals surface area contributed by atoms with E-state index in [9.17, 15) is 9.59 Å². The molecule has 4 nitrogen and oxygen atoms in total. The van der Waals surface area contributed by atoms with Crippen molar-refractivity contribution in [1.29, 1.82) is 0 Å². The molecular formula is C17H17ClN2O2. The molecule has 1 saturated carbocycles. The number of rotatable bonds is 4. The number of pyridine rings is 1. The largest absolute Gasteiger partial charge is 0.345 e. The number of benzene rings is 1. The lowest BCUT2D eigenvalue weighted by molar-refractivity contribution is 0.0931. The van der Waals surface area contributed by atoms with Gasteiger partial charge in [-0.25, -0.2) is 0 Å². The molecule has 1 aromatic heterocycles. The van der Waals surface area contributed by atoms with E-state index < -0.39 is 0 Å². The Hall–Kier alpha value is -2.07. The van der Waals surface area contributed by atoms with Crippen molar-refractivity contribution in [1.82, 2.24) is 9.88 Å². The van der Waals surface area contributed by atoms with Crippen molar-refractivity contribution >= 4 is 17.5 Å². The molecule has 0 spiro atoms. The maximum atomic E-state index is 12.4. The predicted octanol–water partition coefficient (Wildman–Crippen LogP) is 2.92. The van der Waals surface area contributed by atoms with Crippen molar-refractivity contribution in [3.05, 3.63) is 69.1 Å². The SMILES string of the molecule is Cn1ccc(C(=O)NC(c2ccc(Cl)cc2)C2CC2)cc1=O.